The van der Waals surface area contributed by atoms with E-state index in [9.17, 15) is 18.0 Å². The second kappa shape index (κ2) is 6.89. The van der Waals surface area contributed by atoms with Gasteiger partial charge in [-0.1, -0.05) is 11.3 Å². The smallest absolute Gasteiger partial charge is 0.305 e. The molecule has 7 nitrogen and oxygen atoms in total. The highest BCUT2D eigenvalue weighted by Gasteiger charge is 2.55. The van der Waals surface area contributed by atoms with Crippen LogP contribution in [0.5, 0.6) is 0 Å². The minimum absolute atomic E-state index is 0.175. The first-order valence-corrected chi connectivity index (χ1v) is 13.5. The number of benzene rings is 1. The number of thiazole rings is 1. The zero-order chi connectivity index (χ0) is 21.4. The number of fused-ring (bicyclic) bond motifs is 1. The van der Waals surface area contributed by atoms with Crippen molar-refractivity contribution in [3.05, 3.63) is 27.9 Å². The Labute approximate surface area is 185 Å². The molecule has 2 aromatic rings. The molecule has 4 aliphatic carbocycles. The van der Waals surface area contributed by atoms with Crippen LogP contribution in [0.1, 0.15) is 38.5 Å². The number of piperazine rings is 1. The van der Waals surface area contributed by atoms with Crippen LogP contribution in [0, 0.1) is 23.2 Å². The molecule has 1 saturated heterocycles. The van der Waals surface area contributed by atoms with E-state index >= 15 is 0 Å². The van der Waals surface area contributed by atoms with Gasteiger partial charge in [0, 0.05) is 26.2 Å². The summed E-state index contributed by atoms with van der Waals surface area (Å²) in [5.74, 6) is 2.43. The molecule has 5 fully saturated rings. The molecule has 4 bridgehead atoms. The Morgan fingerprint density at radius 2 is 1.61 bits per heavy atom. The number of aromatic nitrogens is 1. The van der Waals surface area contributed by atoms with Crippen LogP contribution in [-0.4, -0.2) is 54.7 Å². The Balaban J connectivity index is 1.17. The summed E-state index contributed by atoms with van der Waals surface area (Å²) in [4.78, 5) is 29.7. The highest BCUT2D eigenvalue weighted by atomic mass is 32.2. The minimum Gasteiger partial charge on any atom is -0.340 e. The number of hydrogen-bond donors (Lipinski definition) is 1. The number of amides is 1. The molecule has 4 saturated carbocycles. The monoisotopic (exact) mass is 461 g/mol. The van der Waals surface area contributed by atoms with Gasteiger partial charge in [-0.2, -0.15) is 4.31 Å². The van der Waals surface area contributed by atoms with Gasteiger partial charge in [-0.25, -0.2) is 8.42 Å². The van der Waals surface area contributed by atoms with E-state index in [-0.39, 0.29) is 21.1 Å². The standard InChI is InChI=1S/C22H27N3O4S2/c26-20(22-11-14-7-15(12-22)9-16(8-14)13-22)24-3-5-25(6-4-24)31(28,29)17-1-2-19-18(10-17)23-21(27)30-19/h1-2,10,14-16H,3-9,11-13H2,(H,23,27). The quantitative estimate of drug-likeness (QED) is 0.761. The van der Waals surface area contributed by atoms with Gasteiger partial charge < -0.3 is 9.88 Å². The fraction of sp³-hybridized carbons (Fsp3) is 0.636. The normalized spacial score (nSPS) is 33.3. The van der Waals surface area contributed by atoms with Gasteiger partial charge in [-0.05, 0) is 74.5 Å². The first kappa shape index (κ1) is 19.9. The van der Waals surface area contributed by atoms with Crippen molar-refractivity contribution in [1.82, 2.24) is 14.2 Å². The van der Waals surface area contributed by atoms with Gasteiger partial charge in [-0.15, -0.1) is 0 Å². The number of H-pyrrole nitrogens is 1. The van der Waals surface area contributed by atoms with Gasteiger partial charge in [0.25, 0.3) is 0 Å². The number of carbonyl (C=O) groups is 1. The largest absolute Gasteiger partial charge is 0.340 e. The molecule has 166 valence electrons. The lowest BCUT2D eigenvalue weighted by Gasteiger charge is -2.57. The number of hydrogen-bond acceptors (Lipinski definition) is 5. The molecule has 2 heterocycles. The van der Waals surface area contributed by atoms with E-state index in [2.05, 4.69) is 4.98 Å². The summed E-state index contributed by atoms with van der Waals surface area (Å²) in [6.45, 7) is 1.55. The molecule has 1 aromatic heterocycles. The number of sulfonamides is 1. The lowest BCUT2D eigenvalue weighted by atomic mass is 9.49. The molecule has 31 heavy (non-hydrogen) atoms. The molecule has 1 N–H and O–H groups in total. The van der Waals surface area contributed by atoms with E-state index in [0.717, 1.165) is 53.1 Å². The summed E-state index contributed by atoms with van der Waals surface area (Å²) >= 11 is 1.07. The third-order valence-electron chi connectivity index (χ3n) is 8.05. The van der Waals surface area contributed by atoms with E-state index in [4.69, 9.17) is 0 Å². The SMILES string of the molecule is O=C(N1CCN(S(=O)(=O)c2ccc3sc(=O)[nH]c3c2)CC1)C12CC3CC(CC(C3)C1)C2. The van der Waals surface area contributed by atoms with Crippen LogP contribution in [0.15, 0.2) is 27.9 Å². The number of carbonyl (C=O) groups excluding carboxylic acids is 1. The van der Waals surface area contributed by atoms with Crippen LogP contribution in [0.4, 0.5) is 0 Å². The fourth-order valence-corrected chi connectivity index (χ4v) is 9.25. The van der Waals surface area contributed by atoms with Gasteiger partial charge in [0.05, 0.1) is 20.5 Å². The summed E-state index contributed by atoms with van der Waals surface area (Å²) in [6, 6.07) is 4.78. The highest BCUT2D eigenvalue weighted by molar-refractivity contribution is 7.89. The molecule has 9 heteroatoms. The Morgan fingerprint density at radius 3 is 2.23 bits per heavy atom. The number of aromatic amines is 1. The zero-order valence-electron chi connectivity index (χ0n) is 17.4. The molecular weight excluding hydrogens is 434 g/mol. The second-order valence-electron chi connectivity index (χ2n) is 10.1. The van der Waals surface area contributed by atoms with Gasteiger partial charge >= 0.3 is 4.87 Å². The van der Waals surface area contributed by atoms with Gasteiger partial charge in [0.1, 0.15) is 0 Å². The molecule has 0 unspecified atom stereocenters. The summed E-state index contributed by atoms with van der Waals surface area (Å²) in [5.41, 5.74) is 0.373. The predicted molar refractivity (Wildman–Crippen MR) is 118 cm³/mol. The summed E-state index contributed by atoms with van der Waals surface area (Å²) < 4.78 is 28.6. The van der Waals surface area contributed by atoms with Gasteiger partial charge in [-0.3, -0.25) is 9.59 Å². The van der Waals surface area contributed by atoms with Crippen LogP contribution in [-0.2, 0) is 14.8 Å². The average molecular weight is 462 g/mol. The van der Waals surface area contributed by atoms with E-state index in [1.807, 2.05) is 4.90 Å². The third-order valence-corrected chi connectivity index (χ3v) is 10.8. The molecule has 0 radical (unpaired) electrons. The first-order chi connectivity index (χ1) is 14.8. The fourth-order valence-electron chi connectivity index (χ4n) is 7.08. The molecule has 0 spiro atoms. The molecular formula is C22H27N3O4S2. The van der Waals surface area contributed by atoms with Gasteiger partial charge in [0.2, 0.25) is 15.9 Å². The van der Waals surface area contributed by atoms with Crippen molar-refractivity contribution in [2.75, 3.05) is 26.2 Å². The van der Waals surface area contributed by atoms with E-state index in [1.54, 1.807) is 12.1 Å². The van der Waals surface area contributed by atoms with Crippen molar-refractivity contribution in [1.29, 1.82) is 0 Å². The first-order valence-electron chi connectivity index (χ1n) is 11.2. The maximum absolute atomic E-state index is 13.6. The van der Waals surface area contributed by atoms with Crippen molar-refractivity contribution in [2.24, 2.45) is 23.2 Å². The summed E-state index contributed by atoms with van der Waals surface area (Å²) in [6.07, 6.45) is 7.02. The van der Waals surface area contributed by atoms with Crippen LogP contribution in [0.2, 0.25) is 0 Å². The Hall–Kier alpha value is -1.71. The maximum Gasteiger partial charge on any atom is 0.305 e. The number of nitrogens with zero attached hydrogens (tertiary/aromatic N) is 2. The lowest BCUT2D eigenvalue weighted by molar-refractivity contribution is -0.158. The van der Waals surface area contributed by atoms with Crippen molar-refractivity contribution >= 4 is 37.5 Å². The molecule has 1 aliphatic heterocycles. The van der Waals surface area contributed by atoms with Crippen molar-refractivity contribution in [2.45, 2.75) is 43.4 Å². The third kappa shape index (κ3) is 3.19. The molecule has 1 amide bonds. The summed E-state index contributed by atoms with van der Waals surface area (Å²) in [5, 5.41) is 0. The molecule has 0 atom stereocenters. The summed E-state index contributed by atoms with van der Waals surface area (Å²) in [7, 11) is -3.66. The molecule has 7 rings (SSSR count). The van der Waals surface area contributed by atoms with Crippen LogP contribution in [0.25, 0.3) is 10.2 Å². The zero-order valence-corrected chi connectivity index (χ0v) is 19.0. The Bertz CT molecular complexity index is 1170. The lowest BCUT2D eigenvalue weighted by Crippen LogP contribution is -2.58. The number of rotatable bonds is 3. The van der Waals surface area contributed by atoms with Gasteiger partial charge in [0.15, 0.2) is 0 Å². The average Bonchev–Trinajstić information content (AvgIpc) is 3.11. The van der Waals surface area contributed by atoms with Crippen molar-refractivity contribution in [3.8, 4) is 0 Å². The van der Waals surface area contributed by atoms with Crippen LogP contribution in [0.3, 0.4) is 0 Å². The van der Waals surface area contributed by atoms with E-state index in [1.165, 1.54) is 29.6 Å². The topological polar surface area (TPSA) is 90.6 Å². The maximum atomic E-state index is 13.6. The Morgan fingerprint density at radius 1 is 1.00 bits per heavy atom. The minimum atomic E-state index is -3.66. The van der Waals surface area contributed by atoms with E-state index < -0.39 is 10.0 Å². The number of nitrogens with one attached hydrogen (secondary N) is 1. The second-order valence-corrected chi connectivity index (χ2v) is 13.0. The van der Waals surface area contributed by atoms with Crippen molar-refractivity contribution in [3.63, 3.8) is 0 Å². The molecule has 5 aliphatic rings. The van der Waals surface area contributed by atoms with E-state index in [0.29, 0.717) is 31.7 Å². The predicted octanol–water partition coefficient (Wildman–Crippen LogP) is 2.64. The highest BCUT2D eigenvalue weighted by Crippen LogP contribution is 2.60. The van der Waals surface area contributed by atoms with Crippen LogP contribution < -0.4 is 4.87 Å². The molecule has 1 aromatic carbocycles. The van der Waals surface area contributed by atoms with Crippen molar-refractivity contribution < 1.29 is 13.2 Å². The Kier molecular flexibility index (Phi) is 4.43. The van der Waals surface area contributed by atoms with Crippen LogP contribution >= 0.6 is 11.3 Å².